The summed E-state index contributed by atoms with van der Waals surface area (Å²) in [6.07, 6.45) is 3.16. The van der Waals surface area contributed by atoms with E-state index in [1.165, 1.54) is 6.07 Å². The highest BCUT2D eigenvalue weighted by Crippen LogP contribution is 2.23. The van der Waals surface area contributed by atoms with Gasteiger partial charge >= 0.3 is 0 Å². The van der Waals surface area contributed by atoms with Crippen LogP contribution in [0.2, 0.25) is 0 Å². The van der Waals surface area contributed by atoms with E-state index in [1.807, 2.05) is 0 Å². The summed E-state index contributed by atoms with van der Waals surface area (Å²) in [5.74, 6) is -0.340. The standard InChI is InChI=1S/C15H12FN3/c1-10-2-3-12(8-14(10)16)15(18)13(9-17)11-4-6-19-7-5-11/h2-8H,18H2,1H3/b15-13+. The summed E-state index contributed by atoms with van der Waals surface area (Å²) < 4.78 is 13.5. The zero-order chi connectivity index (χ0) is 13.8. The predicted octanol–water partition coefficient (Wildman–Crippen LogP) is 2.88. The molecule has 0 spiro atoms. The van der Waals surface area contributed by atoms with Gasteiger partial charge in [-0.25, -0.2) is 4.39 Å². The Labute approximate surface area is 110 Å². The second-order valence-electron chi connectivity index (χ2n) is 4.10. The highest BCUT2D eigenvalue weighted by atomic mass is 19.1. The zero-order valence-electron chi connectivity index (χ0n) is 10.4. The highest BCUT2D eigenvalue weighted by Gasteiger charge is 2.09. The van der Waals surface area contributed by atoms with Crippen LogP contribution in [0.1, 0.15) is 16.7 Å². The number of aryl methyl sites for hydroxylation is 1. The lowest BCUT2D eigenvalue weighted by atomic mass is 10.0. The minimum absolute atomic E-state index is 0.257. The molecule has 4 heteroatoms. The van der Waals surface area contributed by atoms with Crippen LogP contribution < -0.4 is 5.73 Å². The summed E-state index contributed by atoms with van der Waals surface area (Å²) in [5, 5.41) is 9.23. The van der Waals surface area contributed by atoms with Gasteiger partial charge in [0.1, 0.15) is 11.9 Å². The van der Waals surface area contributed by atoms with Crippen LogP contribution in [0.25, 0.3) is 11.3 Å². The molecular formula is C15H12FN3. The van der Waals surface area contributed by atoms with Gasteiger partial charge in [0.05, 0.1) is 11.3 Å². The van der Waals surface area contributed by atoms with Gasteiger partial charge in [0.25, 0.3) is 0 Å². The Morgan fingerprint density at radius 2 is 1.89 bits per heavy atom. The lowest BCUT2D eigenvalue weighted by Crippen LogP contribution is -2.01. The number of benzene rings is 1. The number of hydrogen-bond donors (Lipinski definition) is 1. The first-order chi connectivity index (χ1) is 9.13. The monoisotopic (exact) mass is 253 g/mol. The minimum Gasteiger partial charge on any atom is -0.397 e. The van der Waals surface area contributed by atoms with Crippen LogP contribution in [0, 0.1) is 24.1 Å². The molecule has 0 unspecified atom stereocenters. The van der Waals surface area contributed by atoms with Crippen LogP contribution in [0.15, 0.2) is 42.7 Å². The minimum atomic E-state index is -0.340. The summed E-state index contributed by atoms with van der Waals surface area (Å²) in [6, 6.07) is 10.1. The van der Waals surface area contributed by atoms with Gasteiger partial charge in [-0.1, -0.05) is 12.1 Å². The van der Waals surface area contributed by atoms with Gasteiger partial charge in [-0.15, -0.1) is 0 Å². The van der Waals surface area contributed by atoms with Crippen LogP contribution in [-0.2, 0) is 0 Å². The molecule has 1 aromatic carbocycles. The summed E-state index contributed by atoms with van der Waals surface area (Å²) in [5.41, 5.74) is 8.24. The van der Waals surface area contributed by atoms with Crippen LogP contribution >= 0.6 is 0 Å². The number of hydrogen-bond acceptors (Lipinski definition) is 3. The van der Waals surface area contributed by atoms with E-state index in [0.717, 1.165) is 0 Å². The molecular weight excluding hydrogens is 241 g/mol. The molecule has 2 N–H and O–H groups in total. The molecule has 3 nitrogen and oxygen atoms in total. The van der Waals surface area contributed by atoms with Crippen molar-refractivity contribution in [1.82, 2.24) is 4.98 Å². The number of aromatic nitrogens is 1. The van der Waals surface area contributed by atoms with Gasteiger partial charge < -0.3 is 5.73 Å². The Kier molecular flexibility index (Phi) is 3.58. The molecule has 0 aliphatic rings. The zero-order valence-corrected chi connectivity index (χ0v) is 10.4. The average molecular weight is 253 g/mol. The molecule has 2 aromatic rings. The fraction of sp³-hybridized carbons (Fsp3) is 0.0667. The van der Waals surface area contributed by atoms with E-state index >= 15 is 0 Å². The second-order valence-corrected chi connectivity index (χ2v) is 4.10. The maximum Gasteiger partial charge on any atom is 0.126 e. The van der Waals surface area contributed by atoms with E-state index in [2.05, 4.69) is 11.1 Å². The summed E-state index contributed by atoms with van der Waals surface area (Å²) in [4.78, 5) is 3.89. The van der Waals surface area contributed by atoms with Crippen LogP contribution in [0.3, 0.4) is 0 Å². The van der Waals surface area contributed by atoms with E-state index in [-0.39, 0.29) is 11.5 Å². The van der Waals surface area contributed by atoms with Crippen molar-refractivity contribution in [2.45, 2.75) is 6.92 Å². The third-order valence-electron chi connectivity index (χ3n) is 2.83. The summed E-state index contributed by atoms with van der Waals surface area (Å²) in [6.45, 7) is 1.67. The fourth-order valence-electron chi connectivity index (χ4n) is 1.70. The van der Waals surface area contributed by atoms with Crippen LogP contribution in [0.5, 0.6) is 0 Å². The quantitative estimate of drug-likeness (QED) is 0.837. The topological polar surface area (TPSA) is 62.7 Å². The predicted molar refractivity (Wildman–Crippen MR) is 72.0 cm³/mol. The van der Waals surface area contributed by atoms with Gasteiger partial charge in [0, 0.05) is 18.0 Å². The Morgan fingerprint density at radius 1 is 1.21 bits per heavy atom. The van der Waals surface area contributed by atoms with Gasteiger partial charge in [-0.2, -0.15) is 5.26 Å². The lowest BCUT2D eigenvalue weighted by Gasteiger charge is -2.07. The number of allylic oxidation sites excluding steroid dienone is 1. The van der Waals surface area contributed by atoms with Crippen molar-refractivity contribution in [2.24, 2.45) is 5.73 Å². The highest BCUT2D eigenvalue weighted by molar-refractivity contribution is 5.95. The molecule has 1 heterocycles. The van der Waals surface area contributed by atoms with E-state index in [4.69, 9.17) is 5.73 Å². The molecule has 2 rings (SSSR count). The number of nitrogens with zero attached hydrogens (tertiary/aromatic N) is 2. The normalized spacial score (nSPS) is 11.6. The van der Waals surface area contributed by atoms with Crippen molar-refractivity contribution < 1.29 is 4.39 Å². The molecule has 0 saturated heterocycles. The smallest absolute Gasteiger partial charge is 0.126 e. The third kappa shape index (κ3) is 2.61. The largest absolute Gasteiger partial charge is 0.397 e. The second kappa shape index (κ2) is 5.32. The average Bonchev–Trinajstić information content (AvgIpc) is 2.44. The first-order valence-corrected chi connectivity index (χ1v) is 5.70. The molecule has 0 amide bonds. The summed E-state index contributed by atoms with van der Waals surface area (Å²) in [7, 11) is 0. The Balaban J connectivity index is 2.56. The summed E-state index contributed by atoms with van der Waals surface area (Å²) >= 11 is 0. The van der Waals surface area contributed by atoms with Crippen molar-refractivity contribution in [2.75, 3.05) is 0 Å². The van der Waals surface area contributed by atoms with Crippen molar-refractivity contribution in [1.29, 1.82) is 5.26 Å². The van der Waals surface area contributed by atoms with Gasteiger partial charge in [0.2, 0.25) is 0 Å². The van der Waals surface area contributed by atoms with Crippen molar-refractivity contribution in [3.63, 3.8) is 0 Å². The van der Waals surface area contributed by atoms with E-state index < -0.39 is 0 Å². The maximum absolute atomic E-state index is 13.5. The fourth-order valence-corrected chi connectivity index (χ4v) is 1.70. The van der Waals surface area contributed by atoms with E-state index in [1.54, 1.807) is 43.6 Å². The number of nitriles is 1. The molecule has 0 aliphatic heterocycles. The number of rotatable bonds is 2. The lowest BCUT2D eigenvalue weighted by molar-refractivity contribution is 0.618. The van der Waals surface area contributed by atoms with Crippen molar-refractivity contribution >= 4 is 11.3 Å². The Hall–Kier alpha value is -2.67. The van der Waals surface area contributed by atoms with Crippen LogP contribution in [-0.4, -0.2) is 4.98 Å². The Morgan fingerprint density at radius 3 is 2.47 bits per heavy atom. The third-order valence-corrected chi connectivity index (χ3v) is 2.83. The molecule has 0 fully saturated rings. The molecule has 0 atom stereocenters. The molecule has 1 aromatic heterocycles. The molecule has 94 valence electrons. The number of halogens is 1. The first-order valence-electron chi connectivity index (χ1n) is 5.70. The first kappa shape index (κ1) is 12.8. The van der Waals surface area contributed by atoms with Crippen molar-refractivity contribution in [3.05, 3.63) is 65.2 Å². The van der Waals surface area contributed by atoms with Crippen molar-refractivity contribution in [3.8, 4) is 6.07 Å². The van der Waals surface area contributed by atoms with E-state index in [0.29, 0.717) is 22.3 Å². The molecule has 0 saturated carbocycles. The Bertz CT molecular complexity index is 670. The number of nitrogens with two attached hydrogens (primary N) is 1. The molecule has 0 aliphatic carbocycles. The van der Waals surface area contributed by atoms with Crippen LogP contribution in [0.4, 0.5) is 4.39 Å². The van der Waals surface area contributed by atoms with Gasteiger partial charge in [-0.05, 0) is 36.2 Å². The molecule has 0 bridgehead atoms. The maximum atomic E-state index is 13.5. The van der Waals surface area contributed by atoms with Gasteiger partial charge in [-0.3, -0.25) is 4.98 Å². The van der Waals surface area contributed by atoms with Gasteiger partial charge in [0.15, 0.2) is 0 Å². The molecule has 0 radical (unpaired) electrons. The molecule has 19 heavy (non-hydrogen) atoms. The SMILES string of the molecule is Cc1ccc(/C(N)=C(/C#N)c2ccncc2)cc1F. The van der Waals surface area contributed by atoms with E-state index in [9.17, 15) is 9.65 Å². The number of pyridine rings is 1.